The average Bonchev–Trinajstić information content (AvgIpc) is 3.27. The number of esters is 1. The van der Waals surface area contributed by atoms with E-state index in [-0.39, 0.29) is 4.90 Å². The van der Waals surface area contributed by atoms with Gasteiger partial charge in [0.05, 0.1) is 0 Å². The van der Waals surface area contributed by atoms with Gasteiger partial charge < -0.3 is 9.30 Å². The first-order valence-corrected chi connectivity index (χ1v) is 10.2. The first-order valence-electron chi connectivity index (χ1n) is 8.80. The van der Waals surface area contributed by atoms with Gasteiger partial charge in [-0.05, 0) is 31.0 Å². The Labute approximate surface area is 168 Å². The number of alkyl halides is 3. The van der Waals surface area contributed by atoms with Crippen LogP contribution in [0.4, 0.5) is 22.0 Å². The van der Waals surface area contributed by atoms with Crippen molar-refractivity contribution in [2.24, 2.45) is 7.05 Å². The van der Waals surface area contributed by atoms with E-state index in [9.17, 15) is 35.2 Å². The van der Waals surface area contributed by atoms with Gasteiger partial charge in [0.25, 0.3) is 0 Å². The maximum atomic E-state index is 13.4. The van der Waals surface area contributed by atoms with E-state index in [0.717, 1.165) is 16.8 Å². The second-order valence-corrected chi connectivity index (χ2v) is 8.75. The van der Waals surface area contributed by atoms with Gasteiger partial charge in [0.2, 0.25) is 16.1 Å². The molecule has 0 amide bonds. The van der Waals surface area contributed by atoms with E-state index in [2.05, 4.69) is 4.74 Å². The van der Waals surface area contributed by atoms with Gasteiger partial charge in [-0.3, -0.25) is 0 Å². The van der Waals surface area contributed by atoms with Crippen molar-refractivity contribution in [2.45, 2.75) is 30.0 Å². The number of hydrogen-bond acceptors (Lipinski definition) is 4. The number of carbonyl (C=O) groups excluding carboxylic acids is 1. The number of aryl methyl sites for hydroxylation is 1. The largest absolute Gasteiger partial charge is 0.443 e. The van der Waals surface area contributed by atoms with Crippen LogP contribution in [0, 0.1) is 11.6 Å². The lowest BCUT2D eigenvalue weighted by Gasteiger charge is -2.21. The van der Waals surface area contributed by atoms with E-state index in [1.807, 2.05) is 0 Å². The zero-order chi connectivity index (χ0) is 22.3. The molecule has 1 aromatic heterocycles. The van der Waals surface area contributed by atoms with Crippen molar-refractivity contribution in [1.82, 2.24) is 8.87 Å². The van der Waals surface area contributed by atoms with Gasteiger partial charge in [0, 0.05) is 38.0 Å². The van der Waals surface area contributed by atoms with E-state index in [0.29, 0.717) is 44.1 Å². The van der Waals surface area contributed by atoms with E-state index >= 15 is 0 Å². The summed E-state index contributed by atoms with van der Waals surface area (Å²) in [5.41, 5.74) is -1.40. The van der Waals surface area contributed by atoms with Crippen molar-refractivity contribution in [3.63, 3.8) is 0 Å². The highest BCUT2D eigenvalue weighted by atomic mass is 32.2. The van der Waals surface area contributed by atoms with Crippen LogP contribution in [0.15, 0.2) is 35.4 Å². The normalized spacial score (nSPS) is 16.6. The molecule has 1 atom stereocenters. The second-order valence-electron chi connectivity index (χ2n) is 6.81. The van der Waals surface area contributed by atoms with Gasteiger partial charge in [-0.25, -0.2) is 22.0 Å². The van der Waals surface area contributed by atoms with E-state index in [4.69, 9.17) is 0 Å². The molecule has 0 bridgehead atoms. The predicted octanol–water partition coefficient (Wildman–Crippen LogP) is 3.55. The number of ether oxygens (including phenoxy) is 1. The van der Waals surface area contributed by atoms with Gasteiger partial charge in [0.1, 0.15) is 22.2 Å². The molecule has 3 rings (SSSR count). The number of hydrogen-bond donors (Lipinski definition) is 0. The van der Waals surface area contributed by atoms with Crippen LogP contribution in [0.1, 0.15) is 35.0 Å². The van der Waals surface area contributed by atoms with Crippen molar-refractivity contribution in [3.8, 4) is 0 Å². The summed E-state index contributed by atoms with van der Waals surface area (Å²) in [5, 5.41) is 0. The number of nitrogens with zero attached hydrogens (tertiary/aromatic N) is 2. The molecule has 164 valence electrons. The lowest BCUT2D eigenvalue weighted by molar-refractivity contribution is -0.207. The Kier molecular flexibility index (Phi) is 5.92. The molecule has 1 aromatic carbocycles. The van der Waals surface area contributed by atoms with Crippen LogP contribution < -0.4 is 0 Å². The minimum atomic E-state index is -5.16. The zero-order valence-corrected chi connectivity index (χ0v) is 16.4. The number of carbonyl (C=O) groups is 1. The smallest absolute Gasteiger partial charge is 0.429 e. The van der Waals surface area contributed by atoms with E-state index in [1.54, 1.807) is 0 Å². The van der Waals surface area contributed by atoms with Crippen molar-refractivity contribution >= 4 is 16.0 Å². The Morgan fingerprint density at radius 1 is 1.07 bits per heavy atom. The lowest BCUT2D eigenvalue weighted by atomic mass is 10.1. The number of halogens is 5. The summed E-state index contributed by atoms with van der Waals surface area (Å²) in [4.78, 5) is 12.1. The Morgan fingerprint density at radius 2 is 1.63 bits per heavy atom. The zero-order valence-electron chi connectivity index (χ0n) is 15.6. The summed E-state index contributed by atoms with van der Waals surface area (Å²) < 4.78 is 98.9. The molecule has 0 radical (unpaired) electrons. The van der Waals surface area contributed by atoms with Crippen LogP contribution in [0.5, 0.6) is 0 Å². The van der Waals surface area contributed by atoms with E-state index < -0.39 is 51.2 Å². The quantitative estimate of drug-likeness (QED) is 0.514. The lowest BCUT2D eigenvalue weighted by Crippen LogP contribution is -2.27. The molecule has 0 N–H and O–H groups in total. The maximum Gasteiger partial charge on any atom is 0.429 e. The van der Waals surface area contributed by atoms with Crippen molar-refractivity contribution < 1.29 is 39.9 Å². The standard InChI is InChI=1S/C18H17F5N2O4S/c1-24-10-14(30(27,28)25-4-2-3-5-25)9-15(24)17(26)29-16(18(21,22)23)11-6-12(19)8-13(20)7-11/h6-10,16H,2-5H2,1H3. The Morgan fingerprint density at radius 3 is 2.17 bits per heavy atom. The third kappa shape index (κ3) is 4.48. The Hall–Kier alpha value is -2.47. The third-order valence-corrected chi connectivity index (χ3v) is 6.47. The first-order chi connectivity index (χ1) is 13.9. The fraction of sp³-hybridized carbons (Fsp3) is 0.389. The SMILES string of the molecule is Cn1cc(S(=O)(=O)N2CCCC2)cc1C(=O)OC(c1cc(F)cc(F)c1)C(F)(F)F. The molecule has 30 heavy (non-hydrogen) atoms. The molecular formula is C18H17F5N2O4S. The number of benzene rings is 1. The summed E-state index contributed by atoms with van der Waals surface area (Å²) in [6, 6.07) is 2.10. The summed E-state index contributed by atoms with van der Waals surface area (Å²) in [5.74, 6) is -4.03. The highest BCUT2D eigenvalue weighted by Gasteiger charge is 2.45. The molecule has 1 fully saturated rings. The molecule has 1 unspecified atom stereocenters. The molecule has 1 aliphatic rings. The molecular weight excluding hydrogens is 435 g/mol. The predicted molar refractivity (Wildman–Crippen MR) is 94.0 cm³/mol. The van der Waals surface area contributed by atoms with Crippen LogP contribution in [-0.4, -0.2) is 42.5 Å². The summed E-state index contributed by atoms with van der Waals surface area (Å²) in [6.07, 6.45) is -5.65. The Balaban J connectivity index is 1.91. The van der Waals surface area contributed by atoms with Gasteiger partial charge >= 0.3 is 12.1 Å². The molecule has 2 heterocycles. The highest BCUT2D eigenvalue weighted by Crippen LogP contribution is 2.37. The first kappa shape index (κ1) is 22.2. The minimum absolute atomic E-state index is 0.265. The minimum Gasteiger partial charge on any atom is -0.443 e. The van der Waals surface area contributed by atoms with Crippen LogP contribution in [0.3, 0.4) is 0 Å². The van der Waals surface area contributed by atoms with Crippen molar-refractivity contribution in [2.75, 3.05) is 13.1 Å². The Bertz CT molecular complexity index is 1040. The summed E-state index contributed by atoms with van der Waals surface area (Å²) in [6.45, 7) is 0.608. The number of aromatic nitrogens is 1. The second kappa shape index (κ2) is 7.99. The molecule has 12 heteroatoms. The highest BCUT2D eigenvalue weighted by molar-refractivity contribution is 7.89. The fourth-order valence-electron chi connectivity index (χ4n) is 3.17. The summed E-state index contributed by atoms with van der Waals surface area (Å²) >= 11 is 0. The van der Waals surface area contributed by atoms with Crippen LogP contribution >= 0.6 is 0 Å². The monoisotopic (exact) mass is 452 g/mol. The van der Waals surface area contributed by atoms with Gasteiger partial charge in [-0.15, -0.1) is 0 Å². The molecule has 0 aliphatic carbocycles. The number of rotatable bonds is 5. The molecule has 6 nitrogen and oxygen atoms in total. The van der Waals surface area contributed by atoms with Gasteiger partial charge in [0.15, 0.2) is 0 Å². The maximum absolute atomic E-state index is 13.4. The van der Waals surface area contributed by atoms with Gasteiger partial charge in [-0.1, -0.05) is 0 Å². The third-order valence-electron chi connectivity index (χ3n) is 4.60. The van der Waals surface area contributed by atoms with Crippen molar-refractivity contribution in [1.29, 1.82) is 0 Å². The summed E-state index contributed by atoms with van der Waals surface area (Å²) in [7, 11) is -2.64. The molecule has 0 spiro atoms. The molecule has 0 saturated carbocycles. The molecule has 2 aromatic rings. The number of sulfonamides is 1. The molecule has 1 saturated heterocycles. The fourth-order valence-corrected chi connectivity index (χ4v) is 4.76. The van der Waals surface area contributed by atoms with Gasteiger partial charge in [-0.2, -0.15) is 17.5 Å². The average molecular weight is 452 g/mol. The van der Waals surface area contributed by atoms with Crippen molar-refractivity contribution in [3.05, 3.63) is 53.4 Å². The topological polar surface area (TPSA) is 68.6 Å². The van der Waals surface area contributed by atoms with Crippen LogP contribution in [-0.2, 0) is 21.8 Å². The molecule has 1 aliphatic heterocycles. The van der Waals surface area contributed by atoms with Crippen LogP contribution in [0.25, 0.3) is 0 Å². The van der Waals surface area contributed by atoms with E-state index in [1.165, 1.54) is 11.4 Å². The van der Waals surface area contributed by atoms with Crippen LogP contribution in [0.2, 0.25) is 0 Å².